The molecule has 1 aromatic rings. The van der Waals surface area contributed by atoms with Crippen molar-refractivity contribution in [2.75, 3.05) is 0 Å². The molecule has 20 heavy (non-hydrogen) atoms. The molecule has 1 aromatic heterocycles. The number of nitrogens with zero attached hydrogens (tertiary/aromatic N) is 2. The summed E-state index contributed by atoms with van der Waals surface area (Å²) >= 11 is 0. The molecule has 2 bridgehead atoms. The summed E-state index contributed by atoms with van der Waals surface area (Å²) in [7, 11) is 0. The van der Waals surface area contributed by atoms with Gasteiger partial charge in [0.15, 0.2) is 5.84 Å². The lowest BCUT2D eigenvalue weighted by Crippen LogP contribution is -2.33. The van der Waals surface area contributed by atoms with Crippen LogP contribution in [0.25, 0.3) is 0 Å². The topological polar surface area (TPSA) is 80.6 Å². The van der Waals surface area contributed by atoms with Gasteiger partial charge in [0.05, 0.1) is 5.56 Å². The standard InChI is InChI=1S/C15H21N3O2/c1-9-2-5-13(14(16)17-20)15(19)18(9)8-12-7-10-3-4-11(12)6-10/h2,5,10-12,20H,3-4,6-8H2,1H3,(H2,16,17). The Morgan fingerprint density at radius 2 is 2.25 bits per heavy atom. The second-order valence-corrected chi connectivity index (χ2v) is 6.22. The lowest BCUT2D eigenvalue weighted by Gasteiger charge is -2.23. The molecule has 0 saturated heterocycles. The largest absolute Gasteiger partial charge is 0.409 e. The van der Waals surface area contributed by atoms with Gasteiger partial charge in [0.25, 0.3) is 5.56 Å². The minimum absolute atomic E-state index is 0.114. The third-order valence-corrected chi connectivity index (χ3v) is 5.08. The minimum Gasteiger partial charge on any atom is -0.409 e. The average molecular weight is 275 g/mol. The SMILES string of the molecule is Cc1ccc(/C(N)=N/O)c(=O)n1CC1CC2CCC1C2. The number of nitrogens with two attached hydrogens (primary N) is 1. The maximum Gasteiger partial charge on any atom is 0.261 e. The molecule has 0 aliphatic heterocycles. The van der Waals surface area contributed by atoms with Crippen molar-refractivity contribution in [2.24, 2.45) is 28.6 Å². The molecule has 5 heteroatoms. The van der Waals surface area contributed by atoms with Crippen LogP contribution in [-0.4, -0.2) is 15.6 Å². The molecule has 3 N–H and O–H groups in total. The maximum atomic E-state index is 12.5. The number of fused-ring (bicyclic) bond motifs is 2. The van der Waals surface area contributed by atoms with Crippen LogP contribution in [0.1, 0.15) is 36.9 Å². The van der Waals surface area contributed by atoms with Gasteiger partial charge in [0.2, 0.25) is 0 Å². The van der Waals surface area contributed by atoms with Crippen molar-refractivity contribution in [1.29, 1.82) is 0 Å². The van der Waals surface area contributed by atoms with E-state index in [-0.39, 0.29) is 17.0 Å². The van der Waals surface area contributed by atoms with Gasteiger partial charge in [0, 0.05) is 12.2 Å². The Labute approximate surface area is 118 Å². The fourth-order valence-corrected chi connectivity index (χ4v) is 3.98. The molecule has 0 spiro atoms. The summed E-state index contributed by atoms with van der Waals surface area (Å²) < 4.78 is 1.79. The molecule has 3 atom stereocenters. The monoisotopic (exact) mass is 275 g/mol. The second-order valence-electron chi connectivity index (χ2n) is 6.22. The molecule has 3 unspecified atom stereocenters. The molecule has 5 nitrogen and oxygen atoms in total. The second kappa shape index (κ2) is 4.96. The first-order chi connectivity index (χ1) is 9.60. The van der Waals surface area contributed by atoms with Crippen LogP contribution in [0.5, 0.6) is 0 Å². The van der Waals surface area contributed by atoms with Gasteiger partial charge in [-0.1, -0.05) is 11.6 Å². The van der Waals surface area contributed by atoms with E-state index in [9.17, 15) is 4.79 Å². The molecule has 2 aliphatic carbocycles. The first-order valence-corrected chi connectivity index (χ1v) is 7.28. The van der Waals surface area contributed by atoms with Crippen molar-refractivity contribution in [3.63, 3.8) is 0 Å². The van der Waals surface area contributed by atoms with Gasteiger partial charge in [0.1, 0.15) is 0 Å². The predicted octanol–water partition coefficient (Wildman–Crippen LogP) is 1.69. The van der Waals surface area contributed by atoms with Crippen molar-refractivity contribution in [2.45, 2.75) is 39.2 Å². The van der Waals surface area contributed by atoms with Crippen molar-refractivity contribution in [3.05, 3.63) is 33.7 Å². The number of pyridine rings is 1. The first-order valence-electron chi connectivity index (χ1n) is 7.28. The van der Waals surface area contributed by atoms with Gasteiger partial charge in [-0.15, -0.1) is 0 Å². The number of hydrogen-bond donors (Lipinski definition) is 2. The zero-order valence-corrected chi connectivity index (χ0v) is 11.7. The van der Waals surface area contributed by atoms with Crippen LogP contribution < -0.4 is 11.3 Å². The van der Waals surface area contributed by atoms with Crippen LogP contribution in [0, 0.1) is 24.7 Å². The Morgan fingerprint density at radius 1 is 1.45 bits per heavy atom. The Hall–Kier alpha value is -1.78. The van der Waals surface area contributed by atoms with Crippen molar-refractivity contribution in [3.8, 4) is 0 Å². The molecule has 1 heterocycles. The Bertz CT molecular complexity index is 606. The molecule has 0 radical (unpaired) electrons. The van der Waals surface area contributed by atoms with Gasteiger partial charge >= 0.3 is 0 Å². The van der Waals surface area contributed by atoms with Crippen LogP contribution in [0.15, 0.2) is 22.1 Å². The third-order valence-electron chi connectivity index (χ3n) is 5.08. The van der Waals surface area contributed by atoms with Gasteiger partial charge in [-0.2, -0.15) is 0 Å². The normalized spacial score (nSPS) is 29.1. The summed E-state index contributed by atoms with van der Waals surface area (Å²) in [6.45, 7) is 2.70. The van der Waals surface area contributed by atoms with E-state index in [2.05, 4.69) is 5.16 Å². The van der Waals surface area contributed by atoms with E-state index in [0.717, 1.165) is 24.1 Å². The van der Waals surface area contributed by atoms with E-state index in [1.807, 2.05) is 13.0 Å². The molecule has 0 aromatic carbocycles. The van der Waals surface area contributed by atoms with Crippen molar-refractivity contribution >= 4 is 5.84 Å². The fourth-order valence-electron chi connectivity index (χ4n) is 3.98. The van der Waals surface area contributed by atoms with Gasteiger partial charge in [-0.25, -0.2) is 0 Å². The quantitative estimate of drug-likeness (QED) is 0.381. The molecule has 0 amide bonds. The predicted molar refractivity (Wildman–Crippen MR) is 76.9 cm³/mol. The molecule has 3 rings (SSSR count). The van der Waals surface area contributed by atoms with Gasteiger partial charge in [-0.3, -0.25) is 4.79 Å². The fraction of sp³-hybridized carbons (Fsp3) is 0.600. The lowest BCUT2D eigenvalue weighted by atomic mass is 9.88. The van der Waals surface area contributed by atoms with E-state index in [1.165, 1.54) is 25.7 Å². The summed E-state index contributed by atoms with van der Waals surface area (Å²) in [5.41, 5.74) is 6.64. The van der Waals surface area contributed by atoms with E-state index in [0.29, 0.717) is 5.92 Å². The van der Waals surface area contributed by atoms with Crippen LogP contribution in [0.3, 0.4) is 0 Å². The highest BCUT2D eigenvalue weighted by atomic mass is 16.4. The zero-order valence-electron chi connectivity index (χ0n) is 11.7. The minimum atomic E-state index is -0.150. The maximum absolute atomic E-state index is 12.5. The average Bonchev–Trinajstić information content (AvgIpc) is 3.05. The Balaban J connectivity index is 1.91. The van der Waals surface area contributed by atoms with Crippen LogP contribution >= 0.6 is 0 Å². The summed E-state index contributed by atoms with van der Waals surface area (Å²) in [6, 6.07) is 3.49. The summed E-state index contributed by atoms with van der Waals surface area (Å²) in [6.07, 6.45) is 5.24. The Kier molecular flexibility index (Phi) is 3.28. The highest BCUT2D eigenvalue weighted by molar-refractivity contribution is 5.96. The Morgan fingerprint density at radius 3 is 2.85 bits per heavy atom. The van der Waals surface area contributed by atoms with Crippen LogP contribution in [-0.2, 0) is 6.54 Å². The summed E-state index contributed by atoms with van der Waals surface area (Å²) in [4.78, 5) is 12.5. The van der Waals surface area contributed by atoms with E-state index < -0.39 is 0 Å². The van der Waals surface area contributed by atoms with E-state index >= 15 is 0 Å². The molecule has 2 fully saturated rings. The smallest absolute Gasteiger partial charge is 0.261 e. The van der Waals surface area contributed by atoms with Crippen molar-refractivity contribution < 1.29 is 5.21 Å². The van der Waals surface area contributed by atoms with Gasteiger partial charge in [-0.05, 0) is 56.1 Å². The van der Waals surface area contributed by atoms with E-state index in [1.54, 1.807) is 10.6 Å². The number of amidine groups is 1. The van der Waals surface area contributed by atoms with Gasteiger partial charge < -0.3 is 15.5 Å². The molecule has 2 saturated carbocycles. The first kappa shape index (κ1) is 13.2. The lowest BCUT2D eigenvalue weighted by molar-refractivity contribution is 0.291. The molecular weight excluding hydrogens is 254 g/mol. The third kappa shape index (κ3) is 2.11. The number of oxime groups is 1. The highest BCUT2D eigenvalue weighted by Crippen LogP contribution is 2.48. The number of hydrogen-bond acceptors (Lipinski definition) is 3. The number of aromatic nitrogens is 1. The summed E-state index contributed by atoms with van der Waals surface area (Å²) in [5, 5.41) is 11.7. The highest BCUT2D eigenvalue weighted by Gasteiger charge is 2.39. The molecule has 2 aliphatic rings. The van der Waals surface area contributed by atoms with Crippen molar-refractivity contribution in [1.82, 2.24) is 4.57 Å². The number of aryl methyl sites for hydroxylation is 1. The van der Waals surface area contributed by atoms with Crippen LogP contribution in [0.4, 0.5) is 0 Å². The molecular formula is C15H21N3O2. The summed E-state index contributed by atoms with van der Waals surface area (Å²) in [5.74, 6) is 2.14. The molecule has 108 valence electrons. The van der Waals surface area contributed by atoms with E-state index in [4.69, 9.17) is 10.9 Å². The zero-order chi connectivity index (χ0) is 14.3. The number of rotatable bonds is 3. The van der Waals surface area contributed by atoms with Crippen LogP contribution in [0.2, 0.25) is 0 Å².